The van der Waals surface area contributed by atoms with Crippen LogP contribution in [0.15, 0.2) is 47.4 Å². The zero-order valence-corrected chi connectivity index (χ0v) is 17.6. The van der Waals surface area contributed by atoms with Gasteiger partial charge >= 0.3 is 0 Å². The Morgan fingerprint density at radius 3 is 2.25 bits per heavy atom. The van der Waals surface area contributed by atoms with Gasteiger partial charge in [-0.1, -0.05) is 17.7 Å². The number of methoxy groups -OCH3 is 1. The lowest BCUT2D eigenvalue weighted by Gasteiger charge is -2.31. The first kappa shape index (κ1) is 20.6. The fourth-order valence-electron chi connectivity index (χ4n) is 3.51. The molecule has 1 N–H and O–H groups in total. The number of ether oxygens (including phenoxy) is 2. The van der Waals surface area contributed by atoms with Gasteiger partial charge in [-0.05, 0) is 49.7 Å². The van der Waals surface area contributed by atoms with E-state index in [9.17, 15) is 8.42 Å². The summed E-state index contributed by atoms with van der Waals surface area (Å²) in [5.74, 6) is 1.62. The minimum atomic E-state index is -3.43. The summed E-state index contributed by atoms with van der Waals surface area (Å²) in [4.78, 5) is 1.78. The van der Waals surface area contributed by atoms with Gasteiger partial charge in [-0.2, -0.15) is 4.31 Å². The van der Waals surface area contributed by atoms with Crippen molar-refractivity contribution < 1.29 is 22.8 Å². The van der Waals surface area contributed by atoms with Crippen molar-refractivity contribution in [2.24, 2.45) is 0 Å². The molecule has 152 valence electrons. The van der Waals surface area contributed by atoms with E-state index in [1.165, 1.54) is 4.90 Å². The Bertz CT molecular complexity index is 889. The quantitative estimate of drug-likeness (QED) is 0.754. The second-order valence-corrected chi connectivity index (χ2v) is 9.10. The molecule has 0 spiro atoms. The summed E-state index contributed by atoms with van der Waals surface area (Å²) in [6.45, 7) is 7.93. The number of aryl methyl sites for hydroxylation is 2. The molecule has 28 heavy (non-hydrogen) atoms. The van der Waals surface area contributed by atoms with Crippen LogP contribution in [-0.2, 0) is 10.0 Å². The van der Waals surface area contributed by atoms with Crippen LogP contribution in [-0.4, -0.2) is 59.2 Å². The molecule has 0 unspecified atom stereocenters. The molecule has 0 radical (unpaired) electrons. The first-order chi connectivity index (χ1) is 13.4. The highest BCUT2D eigenvalue weighted by atomic mass is 32.2. The van der Waals surface area contributed by atoms with E-state index in [1.807, 2.05) is 50.2 Å². The molecule has 1 heterocycles. The van der Waals surface area contributed by atoms with E-state index in [-0.39, 0.29) is 0 Å². The SMILES string of the molecule is COc1ccc(OCC[NH+]2CCN(S(=O)(=O)c3ccc(C)cc3C)CC2)cc1. The van der Waals surface area contributed by atoms with Crippen molar-refractivity contribution in [1.82, 2.24) is 4.31 Å². The van der Waals surface area contributed by atoms with Crippen molar-refractivity contribution in [3.05, 3.63) is 53.6 Å². The zero-order chi connectivity index (χ0) is 20.1. The molecule has 1 saturated heterocycles. The number of hydrogen-bond donors (Lipinski definition) is 1. The summed E-state index contributed by atoms with van der Waals surface area (Å²) in [5.41, 5.74) is 1.88. The number of hydrogen-bond acceptors (Lipinski definition) is 4. The highest BCUT2D eigenvalue weighted by Crippen LogP contribution is 2.21. The number of sulfonamides is 1. The van der Waals surface area contributed by atoms with Gasteiger partial charge in [0, 0.05) is 0 Å². The van der Waals surface area contributed by atoms with Crippen molar-refractivity contribution >= 4 is 10.0 Å². The van der Waals surface area contributed by atoms with Crippen LogP contribution in [0, 0.1) is 13.8 Å². The second kappa shape index (κ2) is 8.94. The molecule has 0 saturated carbocycles. The van der Waals surface area contributed by atoms with Crippen LogP contribution < -0.4 is 14.4 Å². The maximum atomic E-state index is 13.0. The van der Waals surface area contributed by atoms with E-state index in [4.69, 9.17) is 9.47 Å². The Balaban J connectivity index is 1.49. The normalized spacial score (nSPS) is 16.1. The Morgan fingerprint density at radius 1 is 1.00 bits per heavy atom. The van der Waals surface area contributed by atoms with Gasteiger partial charge in [0.25, 0.3) is 0 Å². The largest absolute Gasteiger partial charge is 0.497 e. The van der Waals surface area contributed by atoms with E-state index in [2.05, 4.69) is 0 Å². The molecular formula is C21H29N2O4S+. The standard InChI is InChI=1S/C21H28N2O4S/c1-17-4-9-21(18(2)16-17)28(24,25)23-12-10-22(11-13-23)14-15-27-20-7-5-19(26-3)6-8-20/h4-9,16H,10-15H2,1-3H3/p+1. The van der Waals surface area contributed by atoms with Crippen LogP contribution in [0.5, 0.6) is 11.5 Å². The van der Waals surface area contributed by atoms with E-state index in [0.717, 1.165) is 42.3 Å². The minimum absolute atomic E-state index is 0.421. The van der Waals surface area contributed by atoms with E-state index >= 15 is 0 Å². The maximum absolute atomic E-state index is 13.0. The molecule has 6 nitrogen and oxygen atoms in total. The molecule has 0 aliphatic carbocycles. The van der Waals surface area contributed by atoms with E-state index in [1.54, 1.807) is 17.5 Å². The third-order valence-corrected chi connectivity index (χ3v) is 7.22. The van der Waals surface area contributed by atoms with Crippen molar-refractivity contribution in [3.8, 4) is 11.5 Å². The molecule has 7 heteroatoms. The van der Waals surface area contributed by atoms with Crippen molar-refractivity contribution in [3.63, 3.8) is 0 Å². The van der Waals surface area contributed by atoms with Gasteiger partial charge in [-0.3, -0.25) is 0 Å². The average molecular weight is 406 g/mol. The molecule has 0 aromatic heterocycles. The van der Waals surface area contributed by atoms with Crippen LogP contribution in [0.1, 0.15) is 11.1 Å². The number of piperazine rings is 1. The molecular weight excluding hydrogens is 376 g/mol. The first-order valence-electron chi connectivity index (χ1n) is 9.58. The van der Waals surface area contributed by atoms with Crippen molar-refractivity contribution in [2.75, 3.05) is 46.4 Å². The Kier molecular flexibility index (Phi) is 6.59. The summed E-state index contributed by atoms with van der Waals surface area (Å²) in [7, 11) is -1.79. The van der Waals surface area contributed by atoms with Gasteiger partial charge in [0.1, 0.15) is 24.7 Å². The molecule has 2 aromatic carbocycles. The third-order valence-electron chi connectivity index (χ3n) is 5.16. The summed E-state index contributed by atoms with van der Waals surface area (Å²) < 4.78 is 38.5. The van der Waals surface area contributed by atoms with Gasteiger partial charge in [0.2, 0.25) is 10.0 Å². The summed E-state index contributed by atoms with van der Waals surface area (Å²) in [6.07, 6.45) is 0. The fraction of sp³-hybridized carbons (Fsp3) is 0.429. The molecule has 3 rings (SSSR count). The van der Waals surface area contributed by atoms with E-state index < -0.39 is 10.0 Å². The number of nitrogens with one attached hydrogen (secondary N) is 1. The molecule has 2 aromatic rings. The van der Waals surface area contributed by atoms with Gasteiger partial charge < -0.3 is 14.4 Å². The van der Waals surface area contributed by atoms with Crippen molar-refractivity contribution in [1.29, 1.82) is 0 Å². The smallest absolute Gasteiger partial charge is 0.243 e. The summed E-state index contributed by atoms with van der Waals surface area (Å²) in [6, 6.07) is 13.0. The van der Waals surface area contributed by atoms with Crippen LogP contribution >= 0.6 is 0 Å². The van der Waals surface area contributed by atoms with Crippen molar-refractivity contribution in [2.45, 2.75) is 18.7 Å². The summed E-state index contributed by atoms with van der Waals surface area (Å²) in [5, 5.41) is 0. The molecule has 1 aliphatic rings. The number of quaternary nitrogens is 1. The fourth-order valence-corrected chi connectivity index (χ4v) is 5.15. The molecule has 0 bridgehead atoms. The Hall–Kier alpha value is -2.09. The predicted octanol–water partition coefficient (Wildman–Crippen LogP) is 1.28. The third kappa shape index (κ3) is 4.84. The molecule has 1 fully saturated rings. The van der Waals surface area contributed by atoms with Gasteiger partial charge in [-0.15, -0.1) is 0 Å². The zero-order valence-electron chi connectivity index (χ0n) is 16.8. The highest BCUT2D eigenvalue weighted by molar-refractivity contribution is 7.89. The highest BCUT2D eigenvalue weighted by Gasteiger charge is 2.31. The lowest BCUT2D eigenvalue weighted by Crippen LogP contribution is -3.15. The van der Waals surface area contributed by atoms with Crippen LogP contribution in [0.25, 0.3) is 0 Å². The Morgan fingerprint density at radius 2 is 1.64 bits per heavy atom. The van der Waals surface area contributed by atoms with E-state index in [0.29, 0.717) is 24.6 Å². The number of nitrogens with zero attached hydrogens (tertiary/aromatic N) is 1. The summed E-state index contributed by atoms with van der Waals surface area (Å²) >= 11 is 0. The maximum Gasteiger partial charge on any atom is 0.243 e. The molecule has 0 amide bonds. The first-order valence-corrected chi connectivity index (χ1v) is 11.0. The van der Waals surface area contributed by atoms with Crippen LogP contribution in [0.3, 0.4) is 0 Å². The number of rotatable bonds is 7. The molecule has 1 aliphatic heterocycles. The lowest BCUT2D eigenvalue weighted by molar-refractivity contribution is -0.903. The van der Waals surface area contributed by atoms with Gasteiger partial charge in [0.15, 0.2) is 0 Å². The Labute approximate surface area is 167 Å². The predicted molar refractivity (Wildman–Crippen MR) is 109 cm³/mol. The minimum Gasteiger partial charge on any atom is -0.497 e. The molecule has 0 atom stereocenters. The van der Waals surface area contributed by atoms with Crippen LogP contribution in [0.4, 0.5) is 0 Å². The van der Waals surface area contributed by atoms with Gasteiger partial charge in [-0.25, -0.2) is 8.42 Å². The topological polar surface area (TPSA) is 60.3 Å². The van der Waals surface area contributed by atoms with Gasteiger partial charge in [0.05, 0.1) is 38.2 Å². The average Bonchev–Trinajstić information content (AvgIpc) is 2.68. The van der Waals surface area contributed by atoms with Crippen LogP contribution in [0.2, 0.25) is 0 Å². The number of benzene rings is 2. The lowest BCUT2D eigenvalue weighted by atomic mass is 10.2. The second-order valence-electron chi connectivity index (χ2n) is 7.20. The monoisotopic (exact) mass is 405 g/mol.